The average molecular weight is 706 g/mol. The molecule has 0 bridgehead atoms. The zero-order chi connectivity index (χ0) is 26.7. The smallest absolute Gasteiger partial charge is 0.483 e. The van der Waals surface area contributed by atoms with Gasteiger partial charge in [-0.15, -0.1) is 42.0 Å². The Morgan fingerprint density at radius 1 is 0.634 bits per heavy atom. The molecule has 0 unspecified atom stereocenters. The van der Waals surface area contributed by atoms with E-state index in [4.69, 9.17) is 4.42 Å². The van der Waals surface area contributed by atoms with Gasteiger partial charge in [0.05, 0.1) is 0 Å². The maximum atomic E-state index is 6.06. The first-order valence-corrected chi connectivity index (χ1v) is 13.1. The molecule has 5 heteroatoms. The Morgan fingerprint density at radius 2 is 1.37 bits per heavy atom. The number of fused-ring (bicyclic) bond motifs is 4. The predicted octanol–water partition coefficient (Wildman–Crippen LogP) is 8.79. The molecule has 197 valence electrons. The molecule has 4 nitrogen and oxygen atoms in total. The van der Waals surface area contributed by atoms with Crippen LogP contribution in [0.5, 0.6) is 0 Å². The van der Waals surface area contributed by atoms with Gasteiger partial charge in [-0.3, -0.25) is 0 Å². The molecule has 3 heterocycles. The van der Waals surface area contributed by atoms with Crippen molar-refractivity contribution in [3.63, 3.8) is 0 Å². The third-order valence-corrected chi connectivity index (χ3v) is 6.76. The van der Waals surface area contributed by atoms with E-state index in [0.29, 0.717) is 0 Å². The molecule has 0 fully saturated rings. The Bertz CT molecular complexity index is 1990. The zero-order valence-corrected chi connectivity index (χ0v) is 24.3. The van der Waals surface area contributed by atoms with Crippen LogP contribution in [0.2, 0.25) is 0 Å². The molecule has 0 amide bonds. The van der Waals surface area contributed by atoms with Crippen molar-refractivity contribution in [1.82, 2.24) is 14.1 Å². The van der Waals surface area contributed by atoms with Gasteiger partial charge in [0, 0.05) is 56.2 Å². The molecule has 7 aromatic rings. The number of nitrogens with zero attached hydrogens (tertiary/aromatic N) is 3. The van der Waals surface area contributed by atoms with Crippen LogP contribution < -0.4 is 9.15 Å². The number of hydrogen-bond donors (Lipinski definition) is 0. The van der Waals surface area contributed by atoms with Crippen LogP contribution in [-0.4, -0.2) is 11.0 Å². The van der Waals surface area contributed by atoms with Crippen LogP contribution in [0.1, 0.15) is 0 Å². The Balaban J connectivity index is 0.000000196. The second kappa shape index (κ2) is 11.7. The van der Waals surface area contributed by atoms with Crippen LogP contribution in [0.4, 0.5) is 22.7 Å². The summed E-state index contributed by atoms with van der Waals surface area (Å²) < 4.78 is 10.2. The van der Waals surface area contributed by atoms with E-state index in [1.165, 1.54) is 0 Å². The fourth-order valence-corrected chi connectivity index (χ4v) is 4.86. The van der Waals surface area contributed by atoms with Gasteiger partial charge in [0.2, 0.25) is 5.69 Å². The van der Waals surface area contributed by atoms with Crippen LogP contribution in [0.3, 0.4) is 0 Å². The summed E-state index contributed by atoms with van der Waals surface area (Å²) in [5.41, 5.74) is 7.89. The number of para-hydroxylation sites is 4. The van der Waals surface area contributed by atoms with E-state index >= 15 is 0 Å². The van der Waals surface area contributed by atoms with E-state index in [-0.39, 0.29) is 20.1 Å². The molecule has 1 aliphatic rings. The minimum Gasteiger partial charge on any atom is -0.483 e. The monoisotopic (exact) mass is 706 g/mol. The van der Waals surface area contributed by atoms with Gasteiger partial charge in [0.1, 0.15) is 11.3 Å². The maximum Gasteiger partial charge on any atom is 0.501 e. The van der Waals surface area contributed by atoms with Gasteiger partial charge in [-0.05, 0) is 27.8 Å². The number of aromatic nitrogens is 1. The van der Waals surface area contributed by atoms with E-state index in [2.05, 4.69) is 58.0 Å². The third kappa shape index (κ3) is 5.18. The van der Waals surface area contributed by atoms with Crippen LogP contribution in [0.15, 0.2) is 144 Å². The summed E-state index contributed by atoms with van der Waals surface area (Å²) in [7, 11) is 0. The summed E-state index contributed by atoms with van der Waals surface area (Å²) in [4.78, 5) is 4.22. The summed E-state index contributed by atoms with van der Waals surface area (Å²) in [6.45, 7) is 0. The number of pyridine rings is 1. The number of benzene rings is 5. The Labute approximate surface area is 251 Å². The Morgan fingerprint density at radius 3 is 2.15 bits per heavy atom. The quantitative estimate of drug-likeness (QED) is 0.136. The fraction of sp³-hybridized carbons (Fsp3) is 0. The van der Waals surface area contributed by atoms with Crippen LogP contribution in [0, 0.1) is 12.1 Å². The second-order valence-electron chi connectivity index (χ2n) is 9.28. The minimum absolute atomic E-state index is 0. The molecule has 5 aromatic carbocycles. The summed E-state index contributed by atoms with van der Waals surface area (Å²) in [5, 5.41) is 2.19. The molecular weight excluding hydrogens is 683 g/mol. The van der Waals surface area contributed by atoms with Gasteiger partial charge in [0.25, 0.3) is 11.4 Å². The normalized spacial score (nSPS) is 11.6. The van der Waals surface area contributed by atoms with Crippen molar-refractivity contribution in [1.29, 1.82) is 0 Å². The Hall–Kier alpha value is -4.92. The number of rotatable bonds is 3. The van der Waals surface area contributed by atoms with E-state index in [9.17, 15) is 0 Å². The van der Waals surface area contributed by atoms with Gasteiger partial charge in [-0.25, -0.2) is 0 Å². The van der Waals surface area contributed by atoms with E-state index in [0.717, 1.165) is 55.9 Å². The molecular formula is C36H23IrN3O. The van der Waals surface area contributed by atoms with Crippen molar-refractivity contribution in [3.8, 4) is 11.3 Å². The van der Waals surface area contributed by atoms with Crippen LogP contribution in [0.25, 0.3) is 33.2 Å². The molecule has 0 atom stereocenters. The van der Waals surface area contributed by atoms with Gasteiger partial charge in [-0.2, -0.15) is 6.07 Å². The molecule has 1 aliphatic heterocycles. The van der Waals surface area contributed by atoms with Crippen LogP contribution in [-0.2, 0) is 20.1 Å². The van der Waals surface area contributed by atoms with E-state index < -0.39 is 0 Å². The summed E-state index contributed by atoms with van der Waals surface area (Å²) in [6, 6.07) is 54.4. The largest absolute Gasteiger partial charge is 0.501 e. The van der Waals surface area contributed by atoms with Gasteiger partial charge >= 0.3 is 6.01 Å². The standard InChI is InChI=1S/C25H15N2O.C11H8N.Ir/c1-2-8-18(9-3-1)26-17-27(23-12-6-5-11-22(23)26)19-14-15-21-20-10-4-7-13-24(20)28-25(21)16-19;1-2-6-10(7-3-1)11-8-4-5-9-12-11;/h1-13,15-16H;1-6,8-9H;/q+1;-1;. The van der Waals surface area contributed by atoms with Crippen molar-refractivity contribution >= 4 is 50.7 Å². The zero-order valence-electron chi connectivity index (χ0n) is 21.9. The predicted molar refractivity (Wildman–Crippen MR) is 162 cm³/mol. The molecule has 0 spiro atoms. The summed E-state index contributed by atoms with van der Waals surface area (Å²) >= 11 is 0. The van der Waals surface area contributed by atoms with Crippen molar-refractivity contribution in [2.75, 3.05) is 0 Å². The maximum absolute atomic E-state index is 6.06. The van der Waals surface area contributed by atoms with Gasteiger partial charge in [-0.1, -0.05) is 76.7 Å². The molecule has 0 saturated carbocycles. The molecule has 0 N–H and O–H groups in total. The first-order chi connectivity index (χ1) is 19.8. The van der Waals surface area contributed by atoms with Crippen molar-refractivity contribution in [3.05, 3.63) is 152 Å². The third-order valence-electron chi connectivity index (χ3n) is 6.76. The SMILES string of the molecule is C1=[N+](c2[c-]cc3c(c2)oc2ccccc23)c2ccccc2[N+]=1c1ccccc1.[Ir].[c-]1ccccc1-c1ccccn1. The first kappa shape index (κ1) is 26.3. The summed E-state index contributed by atoms with van der Waals surface area (Å²) in [6.07, 6.45) is 1.79. The minimum atomic E-state index is 0. The first-order valence-electron chi connectivity index (χ1n) is 13.1. The number of hydrogen-bond acceptors (Lipinski definition) is 2. The van der Waals surface area contributed by atoms with Crippen molar-refractivity contribution < 1.29 is 24.5 Å². The van der Waals surface area contributed by atoms with E-state index in [1.54, 1.807) is 6.20 Å². The molecule has 1 radical (unpaired) electrons. The Kier molecular flexibility index (Phi) is 7.49. The molecule has 41 heavy (non-hydrogen) atoms. The molecule has 0 saturated heterocycles. The van der Waals surface area contributed by atoms with Crippen molar-refractivity contribution in [2.24, 2.45) is 0 Å². The molecule has 0 aliphatic carbocycles. The van der Waals surface area contributed by atoms with Crippen LogP contribution >= 0.6 is 0 Å². The summed E-state index contributed by atoms with van der Waals surface area (Å²) in [5.74, 6) is 0. The van der Waals surface area contributed by atoms with Gasteiger partial charge < -0.3 is 9.40 Å². The average Bonchev–Trinajstić information content (AvgIpc) is 3.61. The van der Waals surface area contributed by atoms with Gasteiger partial charge in [0.15, 0.2) is 0 Å². The van der Waals surface area contributed by atoms with E-state index in [1.807, 2.05) is 108 Å². The molecule has 8 rings (SSSR count). The number of furan rings is 1. The topological polar surface area (TPSA) is 32.0 Å². The molecule has 2 aromatic heterocycles. The van der Waals surface area contributed by atoms with Crippen molar-refractivity contribution in [2.45, 2.75) is 0 Å². The fourth-order valence-electron chi connectivity index (χ4n) is 4.86. The second-order valence-corrected chi connectivity index (χ2v) is 9.28.